The van der Waals surface area contributed by atoms with E-state index in [2.05, 4.69) is 0 Å². The number of carboxylic acid groups (broad SMARTS) is 1. The van der Waals surface area contributed by atoms with Crippen LogP contribution in [0.4, 0.5) is 0 Å². The third kappa shape index (κ3) is 2.79. The minimum Gasteiger partial charge on any atom is -0.477 e. The van der Waals surface area contributed by atoms with Gasteiger partial charge in [0.2, 0.25) is 0 Å². The van der Waals surface area contributed by atoms with E-state index in [0.717, 1.165) is 17.3 Å². The highest BCUT2D eigenvalue weighted by Crippen LogP contribution is 2.22. The fourth-order valence-electron chi connectivity index (χ4n) is 2.11. The Labute approximate surface area is 112 Å². The molecule has 1 aromatic carbocycles. The van der Waals surface area contributed by atoms with Gasteiger partial charge in [0.1, 0.15) is 5.69 Å². The number of aryl methyl sites for hydroxylation is 1. The number of benzene rings is 1. The molecule has 102 valence electrons. The molecule has 0 bridgehead atoms. The first-order chi connectivity index (χ1) is 8.94. The molecule has 0 aliphatic carbocycles. The summed E-state index contributed by atoms with van der Waals surface area (Å²) in [5, 5.41) is 10.3. The molecule has 0 amide bonds. The maximum atomic E-state index is 11.3. The van der Waals surface area contributed by atoms with Gasteiger partial charge < -0.3 is 14.4 Å². The Morgan fingerprint density at radius 3 is 2.68 bits per heavy atom. The van der Waals surface area contributed by atoms with Crippen molar-refractivity contribution in [1.82, 2.24) is 4.57 Å². The average molecular weight is 261 g/mol. The van der Waals surface area contributed by atoms with Gasteiger partial charge in [-0.3, -0.25) is 0 Å². The lowest BCUT2D eigenvalue weighted by molar-refractivity contribution is 0.0120. The highest BCUT2D eigenvalue weighted by molar-refractivity contribution is 5.94. The molecule has 0 radical (unpaired) electrons. The van der Waals surface area contributed by atoms with Gasteiger partial charge in [0.05, 0.1) is 5.60 Å². The predicted molar refractivity (Wildman–Crippen MR) is 74.6 cm³/mol. The second-order valence-corrected chi connectivity index (χ2v) is 5.26. The molecule has 0 aliphatic rings. The fourth-order valence-corrected chi connectivity index (χ4v) is 2.11. The van der Waals surface area contributed by atoms with Crippen LogP contribution in [0.1, 0.15) is 30.8 Å². The van der Waals surface area contributed by atoms with Crippen molar-refractivity contribution in [3.05, 3.63) is 36.0 Å². The molecule has 0 unspecified atom stereocenters. The summed E-state index contributed by atoms with van der Waals surface area (Å²) in [6, 6.07) is 9.43. The zero-order chi connectivity index (χ0) is 14.0. The number of ether oxygens (including phenoxy) is 1. The van der Waals surface area contributed by atoms with Crippen molar-refractivity contribution in [2.75, 3.05) is 7.11 Å². The summed E-state index contributed by atoms with van der Waals surface area (Å²) in [5.74, 6) is -0.897. The van der Waals surface area contributed by atoms with Crippen molar-refractivity contribution in [3.8, 4) is 0 Å². The largest absolute Gasteiger partial charge is 0.477 e. The van der Waals surface area contributed by atoms with Crippen LogP contribution in [0.15, 0.2) is 30.3 Å². The number of carboxylic acids is 1. The first kappa shape index (κ1) is 13.6. The molecular formula is C15H19NO3. The van der Waals surface area contributed by atoms with E-state index in [1.54, 1.807) is 13.2 Å². The fraction of sp³-hybridized carbons (Fsp3) is 0.400. The molecule has 0 aliphatic heterocycles. The normalized spacial score (nSPS) is 11.9. The smallest absolute Gasteiger partial charge is 0.352 e. The van der Waals surface area contributed by atoms with Gasteiger partial charge in [0.15, 0.2) is 0 Å². The van der Waals surface area contributed by atoms with Crippen LogP contribution in [-0.2, 0) is 11.3 Å². The number of rotatable bonds is 5. The zero-order valence-corrected chi connectivity index (χ0v) is 11.5. The Morgan fingerprint density at radius 1 is 1.37 bits per heavy atom. The van der Waals surface area contributed by atoms with Crippen molar-refractivity contribution in [1.29, 1.82) is 0 Å². The monoisotopic (exact) mass is 261 g/mol. The topological polar surface area (TPSA) is 51.5 Å². The van der Waals surface area contributed by atoms with Crippen LogP contribution < -0.4 is 0 Å². The molecule has 0 spiro atoms. The van der Waals surface area contributed by atoms with Crippen LogP contribution in [0, 0.1) is 0 Å². The quantitative estimate of drug-likeness (QED) is 0.899. The summed E-state index contributed by atoms with van der Waals surface area (Å²) < 4.78 is 7.23. The molecule has 19 heavy (non-hydrogen) atoms. The number of aromatic nitrogens is 1. The number of nitrogens with zero attached hydrogens (tertiary/aromatic N) is 1. The summed E-state index contributed by atoms with van der Waals surface area (Å²) in [6.07, 6.45) is 0.752. The van der Waals surface area contributed by atoms with Crippen molar-refractivity contribution in [2.45, 2.75) is 32.4 Å². The van der Waals surface area contributed by atoms with Crippen LogP contribution in [0.3, 0.4) is 0 Å². The maximum absolute atomic E-state index is 11.3. The number of hydrogen-bond acceptors (Lipinski definition) is 2. The Kier molecular flexibility index (Phi) is 3.62. The first-order valence-corrected chi connectivity index (χ1v) is 6.31. The van der Waals surface area contributed by atoms with Crippen LogP contribution in [0.2, 0.25) is 0 Å². The molecule has 0 fully saturated rings. The lowest BCUT2D eigenvalue weighted by Gasteiger charge is -2.23. The average Bonchev–Trinajstić information content (AvgIpc) is 2.75. The van der Waals surface area contributed by atoms with Crippen LogP contribution >= 0.6 is 0 Å². The SMILES string of the molecule is COC(C)(C)CCn1c(C(=O)O)cc2ccccc21. The van der Waals surface area contributed by atoms with Gasteiger partial charge in [0.25, 0.3) is 0 Å². The van der Waals surface area contributed by atoms with Crippen LogP contribution in [0.25, 0.3) is 10.9 Å². The van der Waals surface area contributed by atoms with E-state index in [0.29, 0.717) is 12.2 Å². The van der Waals surface area contributed by atoms with Gasteiger partial charge in [-0.25, -0.2) is 4.79 Å². The van der Waals surface area contributed by atoms with E-state index in [9.17, 15) is 9.90 Å². The summed E-state index contributed by atoms with van der Waals surface area (Å²) in [6.45, 7) is 4.62. The van der Waals surface area contributed by atoms with Gasteiger partial charge in [-0.1, -0.05) is 18.2 Å². The third-order valence-corrected chi connectivity index (χ3v) is 3.52. The summed E-state index contributed by atoms with van der Waals surface area (Å²) >= 11 is 0. The van der Waals surface area contributed by atoms with Gasteiger partial charge in [-0.15, -0.1) is 0 Å². The lowest BCUT2D eigenvalue weighted by atomic mass is 10.1. The van der Waals surface area contributed by atoms with Gasteiger partial charge in [-0.2, -0.15) is 0 Å². The van der Waals surface area contributed by atoms with E-state index in [4.69, 9.17) is 4.74 Å². The molecule has 0 saturated carbocycles. The molecule has 1 aromatic heterocycles. The number of carbonyl (C=O) groups is 1. The van der Waals surface area contributed by atoms with Crippen molar-refractivity contribution in [2.24, 2.45) is 0 Å². The minimum atomic E-state index is -0.897. The van der Waals surface area contributed by atoms with Gasteiger partial charge in [0, 0.05) is 24.6 Å². The molecule has 4 nitrogen and oxygen atoms in total. The number of hydrogen-bond donors (Lipinski definition) is 1. The highest BCUT2D eigenvalue weighted by Gasteiger charge is 2.19. The molecule has 0 saturated heterocycles. The lowest BCUT2D eigenvalue weighted by Crippen LogP contribution is -2.25. The second kappa shape index (κ2) is 5.05. The highest BCUT2D eigenvalue weighted by atomic mass is 16.5. The number of fused-ring (bicyclic) bond motifs is 1. The number of aromatic carboxylic acids is 1. The standard InChI is InChI=1S/C15H19NO3/c1-15(2,19-3)8-9-16-12-7-5-4-6-11(12)10-13(16)14(17)18/h4-7,10H,8-9H2,1-3H3,(H,17,18). The predicted octanol–water partition coefficient (Wildman–Crippen LogP) is 3.15. The molecular weight excluding hydrogens is 242 g/mol. The van der Waals surface area contributed by atoms with Crippen molar-refractivity contribution < 1.29 is 14.6 Å². The van der Waals surface area contributed by atoms with E-state index in [-0.39, 0.29) is 5.60 Å². The van der Waals surface area contributed by atoms with E-state index < -0.39 is 5.97 Å². The Morgan fingerprint density at radius 2 is 2.05 bits per heavy atom. The Bertz CT molecular complexity index is 598. The molecule has 1 N–H and O–H groups in total. The van der Waals surface area contributed by atoms with Gasteiger partial charge in [-0.05, 0) is 32.4 Å². The van der Waals surface area contributed by atoms with Crippen LogP contribution in [-0.4, -0.2) is 28.4 Å². The molecule has 2 rings (SSSR count). The Hall–Kier alpha value is -1.81. The van der Waals surface area contributed by atoms with Crippen LogP contribution in [0.5, 0.6) is 0 Å². The molecule has 1 heterocycles. The first-order valence-electron chi connectivity index (χ1n) is 6.31. The maximum Gasteiger partial charge on any atom is 0.352 e. The number of para-hydroxylation sites is 1. The third-order valence-electron chi connectivity index (χ3n) is 3.52. The molecule has 2 aromatic rings. The summed E-state index contributed by atoms with van der Waals surface area (Å²) in [5.41, 5.74) is 1.01. The van der Waals surface area contributed by atoms with Gasteiger partial charge >= 0.3 is 5.97 Å². The molecule has 0 atom stereocenters. The summed E-state index contributed by atoms with van der Waals surface area (Å²) in [7, 11) is 1.67. The van der Waals surface area contributed by atoms with Crippen molar-refractivity contribution in [3.63, 3.8) is 0 Å². The van der Waals surface area contributed by atoms with E-state index in [1.807, 2.05) is 42.7 Å². The zero-order valence-electron chi connectivity index (χ0n) is 11.5. The van der Waals surface area contributed by atoms with E-state index >= 15 is 0 Å². The number of methoxy groups -OCH3 is 1. The summed E-state index contributed by atoms with van der Waals surface area (Å²) in [4.78, 5) is 11.3. The minimum absolute atomic E-state index is 0.263. The van der Waals surface area contributed by atoms with Crippen molar-refractivity contribution >= 4 is 16.9 Å². The molecule has 4 heteroatoms. The Balaban J connectivity index is 2.40. The van der Waals surface area contributed by atoms with E-state index in [1.165, 1.54) is 0 Å². The second-order valence-electron chi connectivity index (χ2n) is 5.26.